The minimum absolute atomic E-state index is 0.227. The van der Waals surface area contributed by atoms with Gasteiger partial charge in [0.2, 0.25) is 0 Å². The number of nitrogens with one attached hydrogen (secondary N) is 4. The average Bonchev–Trinajstić information content (AvgIpc) is 3.22. The SMILES string of the molecule is CCOC(=O)C(C)NC(=O)c1ccc(NC(=O)C(=O)NCCc2cn[nH]c2)cc1. The van der Waals surface area contributed by atoms with E-state index in [4.69, 9.17) is 4.74 Å². The van der Waals surface area contributed by atoms with Crippen molar-refractivity contribution in [3.05, 3.63) is 47.8 Å². The van der Waals surface area contributed by atoms with Crippen LogP contribution in [0, 0.1) is 0 Å². The maximum absolute atomic E-state index is 12.1. The van der Waals surface area contributed by atoms with Gasteiger partial charge in [-0.05, 0) is 50.1 Å². The molecule has 29 heavy (non-hydrogen) atoms. The van der Waals surface area contributed by atoms with Crippen molar-refractivity contribution in [2.24, 2.45) is 0 Å². The van der Waals surface area contributed by atoms with E-state index < -0.39 is 29.7 Å². The molecule has 3 amide bonds. The van der Waals surface area contributed by atoms with Crippen LogP contribution >= 0.6 is 0 Å². The second-order valence-electron chi connectivity index (χ2n) is 6.09. The Bertz CT molecular complexity index is 848. The van der Waals surface area contributed by atoms with Crippen molar-refractivity contribution in [3.8, 4) is 0 Å². The van der Waals surface area contributed by atoms with Gasteiger partial charge in [0.05, 0.1) is 12.8 Å². The Morgan fingerprint density at radius 3 is 2.48 bits per heavy atom. The molecule has 4 N–H and O–H groups in total. The van der Waals surface area contributed by atoms with E-state index >= 15 is 0 Å². The minimum Gasteiger partial charge on any atom is -0.464 e. The van der Waals surface area contributed by atoms with E-state index in [0.29, 0.717) is 24.2 Å². The number of H-pyrrole nitrogens is 1. The summed E-state index contributed by atoms with van der Waals surface area (Å²) in [7, 11) is 0. The number of aromatic amines is 1. The second-order valence-corrected chi connectivity index (χ2v) is 6.09. The minimum atomic E-state index is -0.815. The Hall–Kier alpha value is -3.69. The molecule has 1 atom stereocenters. The Balaban J connectivity index is 1.81. The Morgan fingerprint density at radius 1 is 1.14 bits per heavy atom. The van der Waals surface area contributed by atoms with Crippen molar-refractivity contribution in [1.29, 1.82) is 0 Å². The summed E-state index contributed by atoms with van der Waals surface area (Å²) >= 11 is 0. The molecular weight excluding hydrogens is 378 g/mol. The van der Waals surface area contributed by atoms with Crippen molar-refractivity contribution in [2.45, 2.75) is 26.3 Å². The summed E-state index contributed by atoms with van der Waals surface area (Å²) in [4.78, 5) is 47.5. The average molecular weight is 401 g/mol. The number of benzene rings is 1. The van der Waals surface area contributed by atoms with Gasteiger partial charge in [0.15, 0.2) is 0 Å². The van der Waals surface area contributed by atoms with Crippen LogP contribution < -0.4 is 16.0 Å². The highest BCUT2D eigenvalue weighted by atomic mass is 16.5. The molecule has 0 spiro atoms. The molecule has 0 bridgehead atoms. The van der Waals surface area contributed by atoms with Gasteiger partial charge in [0.25, 0.3) is 5.91 Å². The number of carbonyl (C=O) groups excluding carboxylic acids is 4. The molecule has 0 saturated heterocycles. The molecule has 0 aliphatic carbocycles. The van der Waals surface area contributed by atoms with Crippen LogP contribution in [0.1, 0.15) is 29.8 Å². The van der Waals surface area contributed by atoms with E-state index in [-0.39, 0.29) is 6.61 Å². The number of ether oxygens (including phenoxy) is 1. The van der Waals surface area contributed by atoms with Crippen LogP contribution in [0.4, 0.5) is 5.69 Å². The molecule has 0 fully saturated rings. The van der Waals surface area contributed by atoms with Crippen LogP contribution in [0.2, 0.25) is 0 Å². The predicted molar refractivity (Wildman–Crippen MR) is 104 cm³/mol. The topological polar surface area (TPSA) is 142 Å². The summed E-state index contributed by atoms with van der Waals surface area (Å²) < 4.78 is 4.83. The second kappa shape index (κ2) is 10.6. The van der Waals surface area contributed by atoms with Crippen LogP contribution in [-0.4, -0.2) is 53.1 Å². The highest BCUT2D eigenvalue weighted by Gasteiger charge is 2.18. The number of hydrogen-bond acceptors (Lipinski definition) is 6. The number of carbonyl (C=O) groups is 4. The van der Waals surface area contributed by atoms with Gasteiger partial charge >= 0.3 is 17.8 Å². The maximum atomic E-state index is 12.1. The van der Waals surface area contributed by atoms with Gasteiger partial charge in [0.1, 0.15) is 6.04 Å². The third-order valence-electron chi connectivity index (χ3n) is 3.85. The van der Waals surface area contributed by atoms with Crippen LogP contribution in [0.15, 0.2) is 36.7 Å². The number of amides is 3. The van der Waals surface area contributed by atoms with Crippen LogP contribution in [0.5, 0.6) is 0 Å². The van der Waals surface area contributed by atoms with Crippen LogP contribution in [0.25, 0.3) is 0 Å². The monoisotopic (exact) mass is 401 g/mol. The summed E-state index contributed by atoms with van der Waals surface area (Å²) in [6, 6.07) is 5.13. The summed E-state index contributed by atoms with van der Waals surface area (Å²) in [5, 5.41) is 13.9. The highest BCUT2D eigenvalue weighted by Crippen LogP contribution is 2.10. The molecule has 0 saturated carbocycles. The van der Waals surface area contributed by atoms with Gasteiger partial charge in [-0.15, -0.1) is 0 Å². The number of aromatic nitrogens is 2. The van der Waals surface area contributed by atoms with Crippen LogP contribution in [0.3, 0.4) is 0 Å². The molecule has 154 valence electrons. The molecule has 1 aromatic carbocycles. The summed E-state index contributed by atoms with van der Waals surface area (Å²) in [6.07, 6.45) is 3.89. The van der Waals surface area contributed by atoms with Crippen molar-refractivity contribution >= 4 is 29.4 Å². The lowest BCUT2D eigenvalue weighted by Gasteiger charge is -2.13. The van der Waals surface area contributed by atoms with Gasteiger partial charge in [-0.2, -0.15) is 5.10 Å². The molecule has 2 aromatic rings. The third kappa shape index (κ3) is 6.76. The lowest BCUT2D eigenvalue weighted by Crippen LogP contribution is -2.39. The van der Waals surface area contributed by atoms with Crippen molar-refractivity contribution in [3.63, 3.8) is 0 Å². The number of rotatable bonds is 8. The number of nitrogens with zero attached hydrogens (tertiary/aromatic N) is 1. The van der Waals surface area contributed by atoms with Crippen LogP contribution in [-0.2, 0) is 25.5 Å². The van der Waals surface area contributed by atoms with Gasteiger partial charge in [-0.3, -0.25) is 19.5 Å². The van der Waals surface area contributed by atoms with Crippen molar-refractivity contribution in [1.82, 2.24) is 20.8 Å². The summed E-state index contributed by atoms with van der Waals surface area (Å²) in [6.45, 7) is 3.72. The zero-order valence-corrected chi connectivity index (χ0v) is 16.2. The first-order valence-corrected chi connectivity index (χ1v) is 9.05. The molecule has 10 nitrogen and oxygen atoms in total. The zero-order valence-electron chi connectivity index (χ0n) is 16.2. The zero-order chi connectivity index (χ0) is 21.2. The number of esters is 1. The third-order valence-corrected chi connectivity index (χ3v) is 3.85. The first kappa shape index (κ1) is 21.6. The summed E-state index contributed by atoms with van der Waals surface area (Å²) in [5.41, 5.74) is 1.57. The van der Waals surface area contributed by atoms with Gasteiger partial charge in [-0.1, -0.05) is 0 Å². The molecule has 0 aliphatic heterocycles. The van der Waals surface area contributed by atoms with Gasteiger partial charge in [-0.25, -0.2) is 4.79 Å². The molecule has 1 heterocycles. The molecule has 0 radical (unpaired) electrons. The number of anilines is 1. The largest absolute Gasteiger partial charge is 0.464 e. The van der Waals surface area contributed by atoms with E-state index in [0.717, 1.165) is 5.56 Å². The van der Waals surface area contributed by atoms with E-state index in [1.54, 1.807) is 19.3 Å². The molecule has 1 unspecified atom stereocenters. The normalized spacial score (nSPS) is 11.2. The van der Waals surface area contributed by atoms with Crippen molar-refractivity contribution in [2.75, 3.05) is 18.5 Å². The molecule has 2 rings (SSSR count). The van der Waals surface area contributed by atoms with E-state index in [1.807, 2.05) is 0 Å². The Morgan fingerprint density at radius 2 is 1.86 bits per heavy atom. The smallest absolute Gasteiger partial charge is 0.328 e. The molecule has 1 aromatic heterocycles. The molecular formula is C19H23N5O5. The van der Waals surface area contributed by atoms with Gasteiger partial charge in [0, 0.05) is 24.0 Å². The lowest BCUT2D eigenvalue weighted by molar-refractivity contribution is -0.144. The fourth-order valence-corrected chi connectivity index (χ4v) is 2.31. The highest BCUT2D eigenvalue weighted by molar-refractivity contribution is 6.39. The van der Waals surface area contributed by atoms with E-state index in [9.17, 15) is 19.2 Å². The standard InChI is InChI=1S/C19H23N5O5/c1-3-29-19(28)12(2)23-16(25)14-4-6-15(7-5-14)24-18(27)17(26)20-9-8-13-10-21-22-11-13/h4-7,10-12H,3,8-9H2,1-2H3,(H,20,26)(H,21,22)(H,23,25)(H,24,27). The first-order chi connectivity index (χ1) is 13.9. The molecule has 10 heteroatoms. The fourth-order valence-electron chi connectivity index (χ4n) is 2.31. The Labute approximate surface area is 167 Å². The molecule has 0 aliphatic rings. The first-order valence-electron chi connectivity index (χ1n) is 9.05. The summed E-state index contributed by atoms with van der Waals surface area (Å²) in [5.74, 6) is -2.56. The van der Waals surface area contributed by atoms with E-state index in [1.165, 1.54) is 31.2 Å². The lowest BCUT2D eigenvalue weighted by atomic mass is 10.2. The Kier molecular flexibility index (Phi) is 7.89. The predicted octanol–water partition coefficient (Wildman–Crippen LogP) is 0.389. The number of hydrogen-bond donors (Lipinski definition) is 4. The van der Waals surface area contributed by atoms with E-state index in [2.05, 4.69) is 26.1 Å². The van der Waals surface area contributed by atoms with Crippen molar-refractivity contribution < 1.29 is 23.9 Å². The fraction of sp³-hybridized carbons (Fsp3) is 0.316. The van der Waals surface area contributed by atoms with Gasteiger partial charge < -0.3 is 20.7 Å². The maximum Gasteiger partial charge on any atom is 0.328 e. The quantitative estimate of drug-likeness (QED) is 0.372.